The number of hydrogen-bond acceptors (Lipinski definition) is 5. The summed E-state index contributed by atoms with van der Waals surface area (Å²) in [7, 11) is 1.79. The van der Waals surface area contributed by atoms with E-state index in [1.165, 1.54) is 6.20 Å². The number of aliphatic hydroxyl groups excluding tert-OH is 1. The van der Waals surface area contributed by atoms with E-state index in [2.05, 4.69) is 25.7 Å². The number of hydrogen-bond donors (Lipinski definition) is 4. The molecule has 4 N–H and O–H groups in total. The maximum absolute atomic E-state index is 13.5. The molecule has 0 spiro atoms. The molecular weight excluding hydrogens is 454 g/mol. The summed E-state index contributed by atoms with van der Waals surface area (Å²) in [6.07, 6.45) is 4.78. The minimum absolute atomic E-state index is 0.0882. The summed E-state index contributed by atoms with van der Waals surface area (Å²) in [6, 6.07) is 7.02. The highest BCUT2D eigenvalue weighted by Gasteiger charge is 2.15. The van der Waals surface area contributed by atoms with E-state index >= 15 is 0 Å². The van der Waals surface area contributed by atoms with Crippen LogP contribution in [0.1, 0.15) is 21.6 Å². The minimum Gasteiger partial charge on any atom is -0.392 e. The minimum atomic E-state index is -1.06. The van der Waals surface area contributed by atoms with Crippen LogP contribution in [0.4, 0.5) is 20.4 Å². The molecule has 3 aromatic heterocycles. The van der Waals surface area contributed by atoms with Gasteiger partial charge in [-0.2, -0.15) is 5.10 Å². The zero-order chi connectivity index (χ0) is 23.5. The van der Waals surface area contributed by atoms with Crippen molar-refractivity contribution in [1.29, 1.82) is 0 Å². The van der Waals surface area contributed by atoms with Gasteiger partial charge in [-0.15, -0.1) is 0 Å². The van der Waals surface area contributed by atoms with Gasteiger partial charge in [-0.1, -0.05) is 11.6 Å². The first-order valence-electron chi connectivity index (χ1n) is 9.81. The molecule has 0 bridgehead atoms. The lowest BCUT2D eigenvalue weighted by Gasteiger charge is -2.09. The number of amides is 1. The van der Waals surface area contributed by atoms with Crippen molar-refractivity contribution in [2.24, 2.45) is 7.05 Å². The van der Waals surface area contributed by atoms with Gasteiger partial charge in [0.05, 0.1) is 17.8 Å². The number of halogens is 3. The number of aromatic amines is 1. The van der Waals surface area contributed by atoms with Gasteiger partial charge in [-0.05, 0) is 35.4 Å². The van der Waals surface area contributed by atoms with Crippen molar-refractivity contribution in [3.63, 3.8) is 0 Å². The Morgan fingerprint density at radius 1 is 1.21 bits per heavy atom. The molecule has 0 aliphatic carbocycles. The van der Waals surface area contributed by atoms with E-state index in [-0.39, 0.29) is 23.4 Å². The molecule has 0 unspecified atom stereocenters. The number of anilines is 2. The Morgan fingerprint density at radius 2 is 1.97 bits per heavy atom. The van der Waals surface area contributed by atoms with Crippen LogP contribution in [0.15, 0.2) is 48.9 Å². The van der Waals surface area contributed by atoms with Crippen molar-refractivity contribution >= 4 is 29.1 Å². The molecule has 33 heavy (non-hydrogen) atoms. The van der Waals surface area contributed by atoms with Crippen LogP contribution in [0.5, 0.6) is 0 Å². The molecule has 0 aliphatic heterocycles. The zero-order valence-corrected chi connectivity index (χ0v) is 18.1. The van der Waals surface area contributed by atoms with Crippen molar-refractivity contribution in [1.82, 2.24) is 25.1 Å². The number of benzene rings is 1. The molecule has 11 heteroatoms. The Kier molecular flexibility index (Phi) is 6.38. The standard InChI is InChI=1S/C22H19ClF2N6O2/c1-31-21(2-3-29-31)30-20-7-15(16(23)10-27-20)13-6-19(26-9-13)22(33)28-8-12-4-17(24)18(25)5-14(12)11-32/h2-7,9-10,26,32H,8,11H2,1H3,(H,27,30)(H,28,33). The zero-order valence-electron chi connectivity index (χ0n) is 17.4. The second kappa shape index (κ2) is 9.39. The SMILES string of the molecule is Cn1nccc1Nc1cc(-c2c[nH]c(C(=O)NCc3cc(F)c(F)cc3CO)c2)c(Cl)cn1. The quantitative estimate of drug-likeness (QED) is 0.326. The fourth-order valence-corrected chi connectivity index (χ4v) is 3.46. The van der Waals surface area contributed by atoms with Crippen molar-refractivity contribution in [3.05, 3.63) is 82.4 Å². The predicted octanol–water partition coefficient (Wildman–Crippen LogP) is 3.91. The van der Waals surface area contributed by atoms with E-state index in [0.29, 0.717) is 22.0 Å². The molecule has 3 heterocycles. The van der Waals surface area contributed by atoms with Crippen LogP contribution in [0.25, 0.3) is 11.1 Å². The van der Waals surface area contributed by atoms with Crippen LogP contribution in [-0.2, 0) is 20.2 Å². The second-order valence-corrected chi connectivity index (χ2v) is 7.60. The molecule has 170 valence electrons. The van der Waals surface area contributed by atoms with Crippen molar-refractivity contribution < 1.29 is 18.7 Å². The van der Waals surface area contributed by atoms with Gasteiger partial charge in [0.15, 0.2) is 11.6 Å². The predicted molar refractivity (Wildman–Crippen MR) is 119 cm³/mol. The van der Waals surface area contributed by atoms with Crippen LogP contribution in [0.2, 0.25) is 5.02 Å². The lowest BCUT2D eigenvalue weighted by atomic mass is 10.1. The van der Waals surface area contributed by atoms with Crippen LogP contribution in [-0.4, -0.2) is 30.8 Å². The molecule has 8 nitrogen and oxygen atoms in total. The number of H-pyrrole nitrogens is 1. The number of carbonyl (C=O) groups is 1. The number of aromatic nitrogens is 4. The van der Waals surface area contributed by atoms with E-state index in [4.69, 9.17) is 11.6 Å². The monoisotopic (exact) mass is 472 g/mol. The molecule has 0 fully saturated rings. The van der Waals surface area contributed by atoms with Crippen LogP contribution in [0, 0.1) is 11.6 Å². The summed E-state index contributed by atoms with van der Waals surface area (Å²) in [6.45, 7) is -0.570. The van der Waals surface area contributed by atoms with E-state index in [0.717, 1.165) is 18.0 Å². The van der Waals surface area contributed by atoms with E-state index < -0.39 is 24.1 Å². The van der Waals surface area contributed by atoms with Gasteiger partial charge in [0.25, 0.3) is 5.91 Å². The third kappa shape index (κ3) is 4.86. The van der Waals surface area contributed by atoms with Crippen LogP contribution in [0.3, 0.4) is 0 Å². The molecule has 0 saturated carbocycles. The summed E-state index contributed by atoms with van der Waals surface area (Å²) in [4.78, 5) is 19.7. The molecule has 0 radical (unpaired) electrons. The third-order valence-electron chi connectivity index (χ3n) is 5.02. The van der Waals surface area contributed by atoms with Crippen molar-refractivity contribution in [3.8, 4) is 11.1 Å². The third-order valence-corrected chi connectivity index (χ3v) is 5.32. The molecule has 4 rings (SSSR count). The van der Waals surface area contributed by atoms with Gasteiger partial charge in [-0.3, -0.25) is 9.48 Å². The summed E-state index contributed by atoms with van der Waals surface area (Å²) >= 11 is 6.32. The largest absolute Gasteiger partial charge is 0.392 e. The fraction of sp³-hybridized carbons (Fsp3) is 0.136. The maximum Gasteiger partial charge on any atom is 0.267 e. The Labute approximate surface area is 192 Å². The summed E-state index contributed by atoms with van der Waals surface area (Å²) in [5.74, 6) is -1.30. The second-order valence-electron chi connectivity index (χ2n) is 7.19. The molecule has 0 saturated heterocycles. The van der Waals surface area contributed by atoms with Crippen molar-refractivity contribution in [2.75, 3.05) is 5.32 Å². The fourth-order valence-electron chi connectivity index (χ4n) is 3.25. The molecule has 1 aromatic carbocycles. The highest BCUT2D eigenvalue weighted by molar-refractivity contribution is 6.33. The number of rotatable bonds is 7. The number of carbonyl (C=O) groups excluding carboxylic acids is 1. The summed E-state index contributed by atoms with van der Waals surface area (Å²) in [5, 5.41) is 19.6. The number of nitrogens with zero attached hydrogens (tertiary/aromatic N) is 3. The highest BCUT2D eigenvalue weighted by Crippen LogP contribution is 2.30. The van der Waals surface area contributed by atoms with E-state index in [1.54, 1.807) is 42.3 Å². The Hall–Kier alpha value is -3.76. The van der Waals surface area contributed by atoms with Gasteiger partial charge >= 0.3 is 0 Å². The molecule has 4 aromatic rings. The maximum atomic E-state index is 13.5. The smallest absolute Gasteiger partial charge is 0.267 e. The van der Waals surface area contributed by atoms with Gasteiger partial charge in [-0.25, -0.2) is 13.8 Å². The van der Waals surface area contributed by atoms with E-state index in [1.807, 2.05) is 0 Å². The average Bonchev–Trinajstić information content (AvgIpc) is 3.45. The molecule has 0 atom stereocenters. The first-order valence-corrected chi connectivity index (χ1v) is 10.2. The van der Waals surface area contributed by atoms with Gasteiger partial charge in [0.1, 0.15) is 17.3 Å². The topological polar surface area (TPSA) is 108 Å². The van der Waals surface area contributed by atoms with Crippen LogP contribution < -0.4 is 10.6 Å². The van der Waals surface area contributed by atoms with Gasteiger partial charge < -0.3 is 20.7 Å². The summed E-state index contributed by atoms with van der Waals surface area (Å²) < 4.78 is 28.6. The van der Waals surface area contributed by atoms with Gasteiger partial charge in [0, 0.05) is 43.2 Å². The first-order chi connectivity index (χ1) is 15.9. The Bertz CT molecular complexity index is 1320. The Balaban J connectivity index is 1.50. The lowest BCUT2D eigenvalue weighted by Crippen LogP contribution is -2.24. The Morgan fingerprint density at radius 3 is 2.67 bits per heavy atom. The number of aliphatic hydroxyl groups is 1. The summed E-state index contributed by atoms with van der Waals surface area (Å²) in [5.41, 5.74) is 2.02. The first kappa shape index (κ1) is 22.4. The molecule has 0 aliphatic rings. The van der Waals surface area contributed by atoms with Crippen LogP contribution >= 0.6 is 11.6 Å². The van der Waals surface area contributed by atoms with E-state index in [9.17, 15) is 18.7 Å². The lowest BCUT2D eigenvalue weighted by molar-refractivity contribution is 0.0946. The highest BCUT2D eigenvalue weighted by atomic mass is 35.5. The van der Waals surface area contributed by atoms with Crippen molar-refractivity contribution in [2.45, 2.75) is 13.2 Å². The molecular formula is C22H19ClF2N6O2. The van der Waals surface area contributed by atoms with Gasteiger partial charge in [0.2, 0.25) is 0 Å². The number of nitrogens with one attached hydrogen (secondary N) is 3. The normalized spacial score (nSPS) is 10.9. The average molecular weight is 473 g/mol. The number of pyridine rings is 1. The number of aryl methyl sites for hydroxylation is 1. The molecule has 1 amide bonds.